The van der Waals surface area contributed by atoms with Crippen molar-refractivity contribution in [2.24, 2.45) is 7.05 Å². The Bertz CT molecular complexity index is 1150. The number of piperidine rings is 1. The Hall–Kier alpha value is -2.51. The number of nitrogens with zero attached hydrogens (tertiary/aromatic N) is 5. The van der Waals surface area contributed by atoms with Crippen LogP contribution in [-0.4, -0.2) is 45.9 Å². The first-order valence-electron chi connectivity index (χ1n) is 9.73. The Kier molecular flexibility index (Phi) is 4.29. The first kappa shape index (κ1) is 17.6. The van der Waals surface area contributed by atoms with Gasteiger partial charge in [-0.3, -0.25) is 4.68 Å². The summed E-state index contributed by atoms with van der Waals surface area (Å²) in [6.45, 7) is 4.28. The van der Waals surface area contributed by atoms with Gasteiger partial charge in [-0.05, 0) is 62.2 Å². The Labute approximate surface area is 168 Å². The molecule has 4 aromatic rings. The predicted octanol–water partition coefficient (Wildman–Crippen LogP) is 3.74. The van der Waals surface area contributed by atoms with E-state index in [1.807, 2.05) is 17.9 Å². The maximum atomic E-state index is 4.79. The maximum Gasteiger partial charge on any atom is 0.188 e. The summed E-state index contributed by atoms with van der Waals surface area (Å²) in [4.78, 5) is 11.8. The number of hydrogen-bond donors (Lipinski definition) is 1. The number of thiazole rings is 1. The normalized spacial score (nSPS) is 15.5. The Morgan fingerprint density at radius 2 is 2.00 bits per heavy atom. The van der Waals surface area contributed by atoms with E-state index in [1.165, 1.54) is 11.1 Å². The van der Waals surface area contributed by atoms with E-state index in [0.29, 0.717) is 6.04 Å². The number of aromatic nitrogens is 4. The molecule has 6 nitrogen and oxygen atoms in total. The van der Waals surface area contributed by atoms with Crippen LogP contribution in [0, 0.1) is 6.92 Å². The van der Waals surface area contributed by atoms with Crippen molar-refractivity contribution >= 4 is 37.7 Å². The highest BCUT2D eigenvalue weighted by molar-refractivity contribution is 7.22. The minimum absolute atomic E-state index is 0.553. The lowest BCUT2D eigenvalue weighted by molar-refractivity contribution is 0.443. The third-order valence-corrected chi connectivity index (χ3v) is 6.72. The van der Waals surface area contributed by atoms with E-state index in [4.69, 9.17) is 4.98 Å². The van der Waals surface area contributed by atoms with Crippen LogP contribution in [-0.2, 0) is 7.05 Å². The lowest BCUT2D eigenvalue weighted by atomic mass is 10.0. The Morgan fingerprint density at radius 1 is 1.18 bits per heavy atom. The monoisotopic (exact) mass is 392 g/mol. The van der Waals surface area contributed by atoms with Crippen LogP contribution in [0.3, 0.4) is 0 Å². The topological polar surface area (TPSA) is 58.9 Å². The molecule has 0 aliphatic carbocycles. The molecule has 0 bridgehead atoms. The van der Waals surface area contributed by atoms with E-state index in [0.717, 1.165) is 57.9 Å². The smallest absolute Gasteiger partial charge is 0.188 e. The van der Waals surface area contributed by atoms with E-state index in [-0.39, 0.29) is 0 Å². The molecule has 1 N–H and O–H groups in total. The number of hydrogen-bond acceptors (Lipinski definition) is 6. The van der Waals surface area contributed by atoms with E-state index in [2.05, 4.69) is 58.7 Å². The van der Waals surface area contributed by atoms with E-state index in [1.54, 1.807) is 11.3 Å². The van der Waals surface area contributed by atoms with Gasteiger partial charge in [-0.25, -0.2) is 4.98 Å². The highest BCUT2D eigenvalue weighted by atomic mass is 32.1. The molecular formula is C21H24N6S. The number of fused-ring (bicyclic) bond motifs is 2. The number of benzene rings is 1. The van der Waals surface area contributed by atoms with E-state index in [9.17, 15) is 0 Å². The fourth-order valence-corrected chi connectivity index (χ4v) is 5.06. The molecule has 3 aromatic heterocycles. The Balaban J connectivity index is 1.51. The summed E-state index contributed by atoms with van der Waals surface area (Å²) >= 11 is 1.74. The average molecular weight is 393 g/mol. The third kappa shape index (κ3) is 3.04. The molecular weight excluding hydrogens is 368 g/mol. The molecule has 5 rings (SSSR count). The summed E-state index contributed by atoms with van der Waals surface area (Å²) in [7, 11) is 4.12. The molecule has 0 amide bonds. The van der Waals surface area contributed by atoms with E-state index < -0.39 is 0 Å². The van der Waals surface area contributed by atoms with Crippen molar-refractivity contribution in [2.45, 2.75) is 25.8 Å². The number of nitrogens with one attached hydrogen (secondary N) is 1. The van der Waals surface area contributed by atoms with Crippen molar-refractivity contribution in [3.63, 3.8) is 0 Å². The highest BCUT2D eigenvalue weighted by Crippen LogP contribution is 2.33. The molecule has 7 heteroatoms. The number of aryl methyl sites for hydroxylation is 2. The molecule has 1 aliphatic heterocycles. The molecule has 0 saturated carbocycles. The van der Waals surface area contributed by atoms with Gasteiger partial charge in [-0.15, -0.1) is 0 Å². The quantitative estimate of drug-likeness (QED) is 0.576. The van der Waals surface area contributed by atoms with Gasteiger partial charge >= 0.3 is 0 Å². The van der Waals surface area contributed by atoms with Gasteiger partial charge in [-0.1, -0.05) is 11.3 Å². The minimum atomic E-state index is 0.553. The third-order valence-electron chi connectivity index (χ3n) is 5.64. The van der Waals surface area contributed by atoms with Gasteiger partial charge in [0.2, 0.25) is 0 Å². The molecule has 1 aromatic carbocycles. The SMILES string of the molecule is Cc1cc(-c2cnc3nc(N(C)C4CCNCC4)sc3c2)cc2cn(C)nc12. The summed E-state index contributed by atoms with van der Waals surface area (Å²) in [6, 6.07) is 7.16. The fraction of sp³-hybridized carbons (Fsp3) is 0.381. The summed E-state index contributed by atoms with van der Waals surface area (Å²) in [5.74, 6) is 0. The highest BCUT2D eigenvalue weighted by Gasteiger charge is 2.21. The standard InChI is InChI=1S/C21H24N6S/c1-13-8-14(9-16-12-26(2)25-19(13)16)15-10-18-20(23-11-15)24-21(28-18)27(3)17-4-6-22-7-5-17/h8-12,17,22H,4-7H2,1-3H3. The second-order valence-corrected chi connectivity index (χ2v) is 8.68. The zero-order valence-corrected chi connectivity index (χ0v) is 17.3. The number of rotatable bonds is 3. The van der Waals surface area contributed by atoms with Gasteiger partial charge in [0.15, 0.2) is 10.8 Å². The zero-order valence-electron chi connectivity index (χ0n) is 16.4. The minimum Gasteiger partial charge on any atom is -0.348 e. The molecule has 0 unspecified atom stereocenters. The predicted molar refractivity (Wildman–Crippen MR) is 116 cm³/mol. The van der Waals surface area contributed by atoms with E-state index >= 15 is 0 Å². The molecule has 0 spiro atoms. The first-order valence-corrected chi connectivity index (χ1v) is 10.5. The van der Waals surface area contributed by atoms with Crippen LogP contribution in [0.4, 0.5) is 5.13 Å². The van der Waals surface area contributed by atoms with Gasteiger partial charge in [-0.2, -0.15) is 10.1 Å². The number of pyridine rings is 1. The molecule has 28 heavy (non-hydrogen) atoms. The van der Waals surface area contributed by atoms with Crippen molar-refractivity contribution < 1.29 is 0 Å². The maximum absolute atomic E-state index is 4.79. The summed E-state index contributed by atoms with van der Waals surface area (Å²) in [5.41, 5.74) is 5.38. The molecule has 0 atom stereocenters. The second-order valence-electron chi connectivity index (χ2n) is 7.67. The molecule has 1 fully saturated rings. The largest absolute Gasteiger partial charge is 0.348 e. The first-order chi connectivity index (χ1) is 13.6. The van der Waals surface area contributed by atoms with Crippen LogP contribution >= 0.6 is 11.3 Å². The molecule has 1 aliphatic rings. The number of anilines is 1. The summed E-state index contributed by atoms with van der Waals surface area (Å²) in [6.07, 6.45) is 6.33. The van der Waals surface area contributed by atoms with Gasteiger partial charge in [0.1, 0.15) is 0 Å². The summed E-state index contributed by atoms with van der Waals surface area (Å²) in [5, 5.41) is 10.2. The molecule has 144 valence electrons. The zero-order chi connectivity index (χ0) is 19.3. The van der Waals surface area contributed by atoms with Crippen molar-refractivity contribution in [2.75, 3.05) is 25.0 Å². The van der Waals surface area contributed by atoms with Crippen LogP contribution in [0.5, 0.6) is 0 Å². The van der Waals surface area contributed by atoms with Crippen LogP contribution < -0.4 is 10.2 Å². The lowest BCUT2D eigenvalue weighted by Gasteiger charge is -2.31. The second kappa shape index (κ2) is 6.83. The van der Waals surface area contributed by atoms with Crippen molar-refractivity contribution in [1.29, 1.82) is 0 Å². The van der Waals surface area contributed by atoms with Crippen LogP contribution in [0.1, 0.15) is 18.4 Å². The van der Waals surface area contributed by atoms with Gasteiger partial charge in [0.05, 0.1) is 10.2 Å². The average Bonchev–Trinajstić information content (AvgIpc) is 3.30. The van der Waals surface area contributed by atoms with Gasteiger partial charge in [0.25, 0.3) is 0 Å². The van der Waals surface area contributed by atoms with Gasteiger partial charge in [0, 0.05) is 43.5 Å². The van der Waals surface area contributed by atoms with Crippen molar-refractivity contribution in [3.05, 3.63) is 36.2 Å². The fourth-order valence-electron chi connectivity index (χ4n) is 4.06. The molecule has 4 heterocycles. The molecule has 0 radical (unpaired) electrons. The Morgan fingerprint density at radius 3 is 2.82 bits per heavy atom. The van der Waals surface area contributed by atoms with Crippen LogP contribution in [0.15, 0.2) is 30.6 Å². The van der Waals surface area contributed by atoms with Crippen LogP contribution in [0.25, 0.3) is 32.4 Å². The summed E-state index contributed by atoms with van der Waals surface area (Å²) < 4.78 is 3.01. The van der Waals surface area contributed by atoms with Gasteiger partial charge < -0.3 is 10.2 Å². The lowest BCUT2D eigenvalue weighted by Crippen LogP contribution is -2.41. The van der Waals surface area contributed by atoms with Crippen molar-refractivity contribution in [3.8, 4) is 11.1 Å². The molecule has 1 saturated heterocycles. The van der Waals surface area contributed by atoms with Crippen LogP contribution in [0.2, 0.25) is 0 Å². The van der Waals surface area contributed by atoms with Crippen molar-refractivity contribution in [1.82, 2.24) is 25.1 Å².